The monoisotopic (exact) mass is 544 g/mol. The van der Waals surface area contributed by atoms with Crippen molar-refractivity contribution in [2.75, 3.05) is 6.61 Å². The van der Waals surface area contributed by atoms with Gasteiger partial charge in [-0.15, -0.1) is 0 Å². The molecule has 0 aliphatic carbocycles. The van der Waals surface area contributed by atoms with Crippen molar-refractivity contribution in [1.82, 2.24) is 5.32 Å². The van der Waals surface area contributed by atoms with Crippen LogP contribution in [0.1, 0.15) is 144 Å². The summed E-state index contributed by atoms with van der Waals surface area (Å²) in [6, 6.07) is -1.14. The first kappa shape index (κ1) is 33.0. The maximum Gasteiger partial charge on any atom is 0.305 e. The summed E-state index contributed by atoms with van der Waals surface area (Å²) in [5.74, 6) is -0.701. The molecule has 1 unspecified atom stereocenters. The van der Waals surface area contributed by atoms with Crippen molar-refractivity contribution in [2.45, 2.75) is 173 Å². The Balaban J connectivity index is 2.15. The summed E-state index contributed by atoms with van der Waals surface area (Å²) in [7, 11) is 0. The van der Waals surface area contributed by atoms with Crippen LogP contribution in [0, 0.1) is 0 Å². The number of hydrogen-bond acceptors (Lipinski definition) is 7. The van der Waals surface area contributed by atoms with E-state index >= 15 is 0 Å². The number of esters is 1. The average Bonchev–Trinajstić information content (AvgIpc) is 2.92. The van der Waals surface area contributed by atoms with Crippen LogP contribution < -0.4 is 5.32 Å². The van der Waals surface area contributed by atoms with Gasteiger partial charge in [0.25, 0.3) is 0 Å². The van der Waals surface area contributed by atoms with Gasteiger partial charge in [-0.1, -0.05) is 117 Å². The number of carbonyl (C=O) groups excluding carboxylic acids is 2. The molecule has 1 heterocycles. The minimum Gasteiger partial charge on any atom is -0.463 e. The number of aliphatic hydroxyl groups is 3. The normalized spacial score (nSPS) is 23.7. The number of rotatable bonds is 23. The number of nitrogens with one attached hydrogen (secondary N) is 1. The summed E-state index contributed by atoms with van der Waals surface area (Å²) in [4.78, 5) is 24.4. The first-order valence-corrected chi connectivity index (χ1v) is 15.3. The fourth-order valence-electron chi connectivity index (χ4n) is 4.85. The standard InChI is InChI=1S/C30H57NO7/c1-3-5-7-9-11-13-15-17-19-21-25(32)31-27-29(35)28(34)24(38-30(27)36)23-37-26(33)22-20-18-16-14-12-10-8-6-4-2/h24,27-30,34-36H,3-23H2,1-2H3,(H,31,32)/t24-,27-,28-,29-,30?/m1/s1/i2D. The van der Waals surface area contributed by atoms with Gasteiger partial charge in [0, 0.05) is 14.2 Å². The molecule has 1 aliphatic heterocycles. The van der Waals surface area contributed by atoms with E-state index in [0.29, 0.717) is 6.90 Å². The van der Waals surface area contributed by atoms with Gasteiger partial charge in [0.15, 0.2) is 6.29 Å². The van der Waals surface area contributed by atoms with E-state index in [0.717, 1.165) is 57.8 Å². The van der Waals surface area contributed by atoms with E-state index in [2.05, 4.69) is 12.2 Å². The van der Waals surface area contributed by atoms with Crippen LogP contribution in [0.5, 0.6) is 0 Å². The van der Waals surface area contributed by atoms with Gasteiger partial charge in [0.1, 0.15) is 31.0 Å². The molecule has 0 radical (unpaired) electrons. The molecule has 1 fully saturated rings. The van der Waals surface area contributed by atoms with E-state index in [-0.39, 0.29) is 25.4 Å². The van der Waals surface area contributed by atoms with Crippen LogP contribution in [-0.2, 0) is 19.1 Å². The SMILES string of the molecule is [2H]CCCCCCCCCCCC(=O)OC[C@H]1OC(O)[C@H](NC(=O)CCCCCCCCCCC)[C@@H](O)[C@@H]1O. The molecule has 5 atom stereocenters. The lowest BCUT2D eigenvalue weighted by atomic mass is 9.96. The van der Waals surface area contributed by atoms with E-state index in [9.17, 15) is 24.9 Å². The number of unbranched alkanes of at least 4 members (excludes halogenated alkanes) is 16. The van der Waals surface area contributed by atoms with Gasteiger partial charge in [0.2, 0.25) is 5.91 Å². The molecule has 8 nitrogen and oxygen atoms in total. The number of aliphatic hydroxyl groups excluding tert-OH is 3. The molecule has 224 valence electrons. The van der Waals surface area contributed by atoms with Crippen molar-refractivity contribution in [1.29, 1.82) is 0 Å². The second kappa shape index (κ2) is 22.6. The summed E-state index contributed by atoms with van der Waals surface area (Å²) in [5, 5.41) is 33.8. The van der Waals surface area contributed by atoms with Gasteiger partial charge in [-0.05, 0) is 12.8 Å². The summed E-state index contributed by atoms with van der Waals surface area (Å²) < 4.78 is 17.7. The highest BCUT2D eigenvalue weighted by atomic mass is 16.6. The zero-order valence-corrected chi connectivity index (χ0v) is 23.9. The molecule has 0 aromatic rings. The minimum absolute atomic E-state index is 0.272. The molecular weight excluding hydrogens is 486 g/mol. The topological polar surface area (TPSA) is 125 Å². The molecule has 1 saturated heterocycles. The first-order chi connectivity index (χ1) is 18.9. The highest BCUT2D eigenvalue weighted by molar-refractivity contribution is 5.76. The van der Waals surface area contributed by atoms with Crippen LogP contribution in [0.2, 0.25) is 0 Å². The molecule has 4 N–H and O–H groups in total. The third-order valence-electron chi connectivity index (χ3n) is 7.34. The summed E-state index contributed by atoms with van der Waals surface area (Å²) >= 11 is 0. The molecule has 0 spiro atoms. The predicted octanol–water partition coefficient (Wildman–Crippen LogP) is 5.30. The van der Waals surface area contributed by atoms with Gasteiger partial charge in [-0.3, -0.25) is 9.59 Å². The number of ether oxygens (including phenoxy) is 2. The Labute approximate surface area is 232 Å². The minimum atomic E-state index is -1.51. The maximum atomic E-state index is 12.3. The lowest BCUT2D eigenvalue weighted by molar-refractivity contribution is -0.255. The van der Waals surface area contributed by atoms with Crippen LogP contribution in [0.4, 0.5) is 0 Å². The van der Waals surface area contributed by atoms with Crippen LogP contribution in [0.3, 0.4) is 0 Å². The number of carbonyl (C=O) groups is 2. The van der Waals surface area contributed by atoms with Gasteiger partial charge in [-0.25, -0.2) is 0 Å². The van der Waals surface area contributed by atoms with E-state index in [1.807, 2.05) is 0 Å². The van der Waals surface area contributed by atoms with E-state index in [1.165, 1.54) is 57.8 Å². The van der Waals surface area contributed by atoms with Crippen molar-refractivity contribution >= 4 is 11.9 Å². The molecule has 0 aromatic carbocycles. The zero-order chi connectivity index (χ0) is 28.7. The van der Waals surface area contributed by atoms with Crippen molar-refractivity contribution in [2.24, 2.45) is 0 Å². The van der Waals surface area contributed by atoms with Gasteiger partial charge in [0.05, 0.1) is 0 Å². The maximum absolute atomic E-state index is 12.3. The summed E-state index contributed by atoms with van der Waals surface area (Å²) in [5.41, 5.74) is 0. The van der Waals surface area contributed by atoms with Crippen LogP contribution >= 0.6 is 0 Å². The lowest BCUT2D eigenvalue weighted by Crippen LogP contribution is -2.64. The second-order valence-electron chi connectivity index (χ2n) is 10.8. The summed E-state index contributed by atoms with van der Waals surface area (Å²) in [6.07, 6.45) is 15.0. The first-order valence-electron chi connectivity index (χ1n) is 16.0. The Kier molecular flexibility index (Phi) is 19.6. The molecular formula is C30H57NO7. The van der Waals surface area contributed by atoms with E-state index < -0.39 is 36.6 Å². The smallest absolute Gasteiger partial charge is 0.305 e. The Bertz CT molecular complexity index is 624. The Hall–Kier alpha value is -1.22. The summed E-state index contributed by atoms with van der Waals surface area (Å²) in [6.45, 7) is 2.45. The van der Waals surface area contributed by atoms with E-state index in [1.54, 1.807) is 0 Å². The molecule has 1 rings (SSSR count). The van der Waals surface area contributed by atoms with Crippen molar-refractivity contribution in [3.05, 3.63) is 0 Å². The molecule has 8 heteroatoms. The largest absolute Gasteiger partial charge is 0.463 e. The quantitative estimate of drug-likeness (QED) is 0.102. The third kappa shape index (κ3) is 16.0. The Morgan fingerprint density at radius 1 is 0.737 bits per heavy atom. The number of amides is 1. The van der Waals surface area contributed by atoms with Crippen molar-refractivity contribution in [3.8, 4) is 0 Å². The molecule has 38 heavy (non-hydrogen) atoms. The van der Waals surface area contributed by atoms with E-state index in [4.69, 9.17) is 10.8 Å². The zero-order valence-electron chi connectivity index (χ0n) is 24.9. The van der Waals surface area contributed by atoms with Gasteiger partial charge >= 0.3 is 5.97 Å². The molecule has 0 bridgehead atoms. The van der Waals surface area contributed by atoms with Crippen LogP contribution in [0.25, 0.3) is 0 Å². The average molecular weight is 545 g/mol. The van der Waals surface area contributed by atoms with Gasteiger partial charge < -0.3 is 30.1 Å². The van der Waals surface area contributed by atoms with Crippen LogP contribution in [-0.4, -0.2) is 64.4 Å². The number of hydrogen-bond donors (Lipinski definition) is 4. The molecule has 0 saturated carbocycles. The molecule has 1 amide bonds. The molecule has 0 aromatic heterocycles. The lowest BCUT2D eigenvalue weighted by Gasteiger charge is -2.40. The Morgan fingerprint density at radius 3 is 1.79 bits per heavy atom. The fraction of sp³-hybridized carbons (Fsp3) is 0.933. The Morgan fingerprint density at radius 2 is 1.24 bits per heavy atom. The highest BCUT2D eigenvalue weighted by Crippen LogP contribution is 2.21. The predicted molar refractivity (Wildman–Crippen MR) is 149 cm³/mol. The third-order valence-corrected chi connectivity index (χ3v) is 7.34. The van der Waals surface area contributed by atoms with Gasteiger partial charge in [-0.2, -0.15) is 0 Å². The second-order valence-corrected chi connectivity index (χ2v) is 10.8. The highest BCUT2D eigenvalue weighted by Gasteiger charge is 2.44. The molecule has 1 aliphatic rings. The van der Waals surface area contributed by atoms with Crippen molar-refractivity contribution < 1.29 is 35.8 Å². The van der Waals surface area contributed by atoms with Crippen LogP contribution in [0.15, 0.2) is 0 Å². The van der Waals surface area contributed by atoms with Crippen molar-refractivity contribution in [3.63, 3.8) is 0 Å². The fourth-order valence-corrected chi connectivity index (χ4v) is 4.85.